The SMILES string of the molecule is Cc1cnn2ccc(-c3cnc(OC(C)(C)C(F)(F)F)c(F)c3)cc12. The van der Waals surface area contributed by atoms with E-state index >= 15 is 0 Å². The smallest absolute Gasteiger partial charge is 0.427 e. The second-order valence-electron chi connectivity index (χ2n) is 6.19. The number of aryl methyl sites for hydroxylation is 1. The Kier molecular flexibility index (Phi) is 3.93. The number of halogens is 4. The molecule has 0 aliphatic rings. The Bertz CT molecular complexity index is 931. The predicted octanol–water partition coefficient (Wildman–Crippen LogP) is 4.56. The fourth-order valence-electron chi connectivity index (χ4n) is 2.24. The molecular formula is C17H15F4N3O. The van der Waals surface area contributed by atoms with Gasteiger partial charge in [-0.3, -0.25) is 0 Å². The first-order chi connectivity index (χ1) is 11.6. The van der Waals surface area contributed by atoms with E-state index in [9.17, 15) is 17.6 Å². The van der Waals surface area contributed by atoms with Crippen LogP contribution in [-0.4, -0.2) is 26.4 Å². The zero-order chi connectivity index (χ0) is 18.4. The summed E-state index contributed by atoms with van der Waals surface area (Å²) in [5, 5.41) is 4.15. The molecule has 4 nitrogen and oxygen atoms in total. The number of nitrogens with zero attached hydrogens (tertiary/aromatic N) is 3. The van der Waals surface area contributed by atoms with Crippen LogP contribution >= 0.6 is 0 Å². The zero-order valence-corrected chi connectivity index (χ0v) is 13.7. The first-order valence-corrected chi connectivity index (χ1v) is 7.44. The normalized spacial score (nSPS) is 12.6. The van der Waals surface area contributed by atoms with Crippen LogP contribution in [0.25, 0.3) is 16.6 Å². The van der Waals surface area contributed by atoms with Gasteiger partial charge in [-0.1, -0.05) is 0 Å². The molecule has 0 radical (unpaired) electrons. The Labute approximate surface area is 141 Å². The van der Waals surface area contributed by atoms with Gasteiger partial charge in [-0.05, 0) is 50.1 Å². The summed E-state index contributed by atoms with van der Waals surface area (Å²) in [4.78, 5) is 3.72. The summed E-state index contributed by atoms with van der Waals surface area (Å²) in [7, 11) is 0. The van der Waals surface area contributed by atoms with Crippen molar-refractivity contribution in [2.24, 2.45) is 0 Å². The van der Waals surface area contributed by atoms with Gasteiger partial charge in [0.2, 0.25) is 0 Å². The molecule has 0 bridgehead atoms. The lowest BCUT2D eigenvalue weighted by atomic mass is 10.1. The highest BCUT2D eigenvalue weighted by atomic mass is 19.4. The number of pyridine rings is 2. The molecule has 3 heterocycles. The molecular weight excluding hydrogens is 338 g/mol. The number of aromatic nitrogens is 3. The van der Waals surface area contributed by atoms with Crippen molar-refractivity contribution in [1.29, 1.82) is 0 Å². The topological polar surface area (TPSA) is 39.4 Å². The molecule has 0 saturated heterocycles. The lowest BCUT2D eigenvalue weighted by molar-refractivity contribution is -0.235. The molecule has 25 heavy (non-hydrogen) atoms. The lowest BCUT2D eigenvalue weighted by Crippen LogP contribution is -2.45. The van der Waals surface area contributed by atoms with Crippen LogP contribution in [0.15, 0.2) is 36.8 Å². The van der Waals surface area contributed by atoms with Gasteiger partial charge in [0, 0.05) is 18.0 Å². The first kappa shape index (κ1) is 17.2. The fraction of sp³-hybridized carbons (Fsp3) is 0.294. The van der Waals surface area contributed by atoms with Gasteiger partial charge in [0.15, 0.2) is 11.4 Å². The highest BCUT2D eigenvalue weighted by Gasteiger charge is 2.50. The second-order valence-corrected chi connectivity index (χ2v) is 6.19. The molecule has 0 saturated carbocycles. The Morgan fingerprint density at radius 2 is 1.80 bits per heavy atom. The van der Waals surface area contributed by atoms with E-state index in [1.54, 1.807) is 29.0 Å². The van der Waals surface area contributed by atoms with Crippen LogP contribution in [-0.2, 0) is 0 Å². The molecule has 0 aliphatic heterocycles. The maximum Gasteiger partial charge on any atom is 0.427 e. The van der Waals surface area contributed by atoms with Crippen LogP contribution in [0.4, 0.5) is 17.6 Å². The molecule has 0 unspecified atom stereocenters. The molecule has 0 atom stereocenters. The highest BCUT2D eigenvalue weighted by Crippen LogP contribution is 2.35. The minimum atomic E-state index is -4.65. The summed E-state index contributed by atoms with van der Waals surface area (Å²) in [5.41, 5.74) is 0.344. The highest BCUT2D eigenvalue weighted by molar-refractivity contribution is 5.70. The zero-order valence-electron chi connectivity index (χ0n) is 13.7. The first-order valence-electron chi connectivity index (χ1n) is 7.44. The van der Waals surface area contributed by atoms with E-state index in [0.29, 0.717) is 11.1 Å². The van der Waals surface area contributed by atoms with Gasteiger partial charge in [-0.2, -0.15) is 18.3 Å². The van der Waals surface area contributed by atoms with Crippen LogP contribution in [0.5, 0.6) is 5.88 Å². The molecule has 0 fully saturated rings. The molecule has 0 amide bonds. The summed E-state index contributed by atoms with van der Waals surface area (Å²) < 4.78 is 59.2. The number of rotatable bonds is 3. The Morgan fingerprint density at radius 1 is 1.08 bits per heavy atom. The second kappa shape index (κ2) is 5.72. The molecule has 3 aromatic heterocycles. The number of alkyl halides is 3. The van der Waals surface area contributed by atoms with Crippen LogP contribution in [0, 0.1) is 12.7 Å². The largest absolute Gasteiger partial charge is 0.460 e. The fourth-order valence-corrected chi connectivity index (χ4v) is 2.24. The minimum Gasteiger partial charge on any atom is -0.460 e. The van der Waals surface area contributed by atoms with E-state index in [2.05, 4.69) is 10.1 Å². The Morgan fingerprint density at radius 3 is 2.44 bits per heavy atom. The molecule has 0 N–H and O–H groups in total. The minimum absolute atomic E-state index is 0.428. The summed E-state index contributed by atoms with van der Waals surface area (Å²) in [6.45, 7) is 3.53. The number of hydrogen-bond acceptors (Lipinski definition) is 3. The molecule has 8 heteroatoms. The van der Waals surface area contributed by atoms with Crippen LogP contribution in [0.1, 0.15) is 19.4 Å². The third kappa shape index (κ3) is 3.16. The van der Waals surface area contributed by atoms with Crippen molar-refractivity contribution in [1.82, 2.24) is 14.6 Å². The van der Waals surface area contributed by atoms with E-state index in [1.807, 2.05) is 6.92 Å². The van der Waals surface area contributed by atoms with E-state index in [1.165, 1.54) is 6.20 Å². The third-order valence-corrected chi connectivity index (χ3v) is 3.89. The van der Waals surface area contributed by atoms with Crippen molar-refractivity contribution < 1.29 is 22.3 Å². The van der Waals surface area contributed by atoms with Crippen molar-refractivity contribution >= 4 is 5.52 Å². The van der Waals surface area contributed by atoms with Crippen molar-refractivity contribution in [2.45, 2.75) is 32.5 Å². The van der Waals surface area contributed by atoms with Crippen LogP contribution < -0.4 is 4.74 Å². The molecule has 0 aliphatic carbocycles. The van der Waals surface area contributed by atoms with Gasteiger partial charge in [0.25, 0.3) is 5.88 Å². The Hall–Kier alpha value is -2.64. The van der Waals surface area contributed by atoms with E-state index in [0.717, 1.165) is 31.0 Å². The summed E-state index contributed by atoms with van der Waals surface area (Å²) >= 11 is 0. The van der Waals surface area contributed by atoms with E-state index < -0.39 is 23.5 Å². The van der Waals surface area contributed by atoms with E-state index in [-0.39, 0.29) is 0 Å². The average molecular weight is 353 g/mol. The maximum atomic E-state index is 14.2. The van der Waals surface area contributed by atoms with Gasteiger partial charge < -0.3 is 4.74 Å². The molecule has 3 aromatic rings. The molecule has 3 rings (SSSR count). The van der Waals surface area contributed by atoms with Gasteiger partial charge >= 0.3 is 6.18 Å². The van der Waals surface area contributed by atoms with Crippen molar-refractivity contribution in [3.05, 3.63) is 48.2 Å². The van der Waals surface area contributed by atoms with Gasteiger partial charge in [0.05, 0.1) is 11.7 Å². The van der Waals surface area contributed by atoms with Crippen LogP contribution in [0.2, 0.25) is 0 Å². The average Bonchev–Trinajstić information content (AvgIpc) is 2.89. The number of ether oxygens (including phenoxy) is 1. The quantitative estimate of drug-likeness (QED) is 0.648. The maximum absolute atomic E-state index is 14.2. The number of hydrogen-bond donors (Lipinski definition) is 0. The van der Waals surface area contributed by atoms with Gasteiger partial charge in [-0.25, -0.2) is 13.9 Å². The lowest BCUT2D eigenvalue weighted by Gasteiger charge is -2.28. The van der Waals surface area contributed by atoms with Gasteiger partial charge in [-0.15, -0.1) is 0 Å². The molecule has 0 spiro atoms. The Balaban J connectivity index is 1.94. The third-order valence-electron chi connectivity index (χ3n) is 3.89. The summed E-state index contributed by atoms with van der Waals surface area (Å²) in [6.07, 6.45) is 0.0492. The standard InChI is InChI=1S/C17H15F4N3O/c1-10-8-23-24-5-4-11(7-14(10)24)12-6-13(18)15(22-9-12)25-16(2,3)17(19,20)21/h4-9H,1-3H3. The number of fused-ring (bicyclic) bond motifs is 1. The van der Waals surface area contributed by atoms with Crippen molar-refractivity contribution in [2.75, 3.05) is 0 Å². The summed E-state index contributed by atoms with van der Waals surface area (Å²) in [6, 6.07) is 4.63. The van der Waals surface area contributed by atoms with E-state index in [4.69, 9.17) is 4.74 Å². The van der Waals surface area contributed by atoms with Crippen molar-refractivity contribution in [3.8, 4) is 17.0 Å². The molecule has 132 valence electrons. The van der Waals surface area contributed by atoms with Crippen LogP contribution in [0.3, 0.4) is 0 Å². The van der Waals surface area contributed by atoms with Crippen molar-refractivity contribution in [3.63, 3.8) is 0 Å². The molecule has 0 aromatic carbocycles. The summed E-state index contributed by atoms with van der Waals surface area (Å²) in [5.74, 6) is -1.65. The monoisotopic (exact) mass is 353 g/mol. The van der Waals surface area contributed by atoms with Gasteiger partial charge in [0.1, 0.15) is 0 Å². The predicted molar refractivity (Wildman–Crippen MR) is 83.9 cm³/mol.